The van der Waals surface area contributed by atoms with E-state index in [1.165, 1.54) is 32.8 Å². The molecule has 0 radical (unpaired) electrons. The largest absolute Gasteiger partial charge is 0.493 e. The van der Waals surface area contributed by atoms with Crippen LogP contribution in [0.15, 0.2) is 83.0 Å². The third-order valence-corrected chi connectivity index (χ3v) is 5.54. The minimum Gasteiger partial charge on any atom is -0.493 e. The van der Waals surface area contributed by atoms with Gasteiger partial charge in [0, 0.05) is 0 Å². The Morgan fingerprint density at radius 3 is 2.32 bits per heavy atom. The van der Waals surface area contributed by atoms with Crippen molar-refractivity contribution in [2.24, 2.45) is 0 Å². The van der Waals surface area contributed by atoms with Gasteiger partial charge in [0.25, 0.3) is 15.9 Å². The number of nitrogens with one attached hydrogen (secondary N) is 1. The average Bonchev–Trinajstić information content (AvgIpc) is 3.40. The zero-order valence-corrected chi connectivity index (χ0v) is 19.2. The van der Waals surface area contributed by atoms with E-state index >= 15 is 0 Å². The number of para-hydroxylation sites is 2. The van der Waals surface area contributed by atoms with Crippen LogP contribution < -0.4 is 18.9 Å². The molecule has 0 aliphatic rings. The van der Waals surface area contributed by atoms with Gasteiger partial charge in [-0.15, -0.1) is 0 Å². The lowest BCUT2D eigenvalue weighted by Gasteiger charge is -2.16. The summed E-state index contributed by atoms with van der Waals surface area (Å²) in [6.07, 6.45) is 4.36. The summed E-state index contributed by atoms with van der Waals surface area (Å²) in [6.45, 7) is 0. The van der Waals surface area contributed by atoms with Crippen molar-refractivity contribution in [2.45, 2.75) is 0 Å². The molecule has 0 saturated carbocycles. The maximum atomic E-state index is 12.9. The smallest absolute Gasteiger partial charge is 0.263 e. The Bertz CT molecular complexity index is 1390. The SMILES string of the molecule is COc1ccccc1Oc1c(NS(=O)(=O)C=Cc2ccccc2)nc(-c2ccoc2)nc1OC. The highest BCUT2D eigenvalue weighted by Gasteiger charge is 2.23. The van der Waals surface area contributed by atoms with E-state index in [1.807, 2.05) is 18.2 Å². The predicted octanol–water partition coefficient (Wildman–Crippen LogP) is 4.96. The van der Waals surface area contributed by atoms with Crippen molar-refractivity contribution >= 4 is 21.9 Å². The van der Waals surface area contributed by atoms with Crippen molar-refractivity contribution in [3.63, 3.8) is 0 Å². The molecule has 174 valence electrons. The number of benzene rings is 2. The number of anilines is 1. The molecule has 0 amide bonds. The van der Waals surface area contributed by atoms with Crippen LogP contribution in [0, 0.1) is 0 Å². The molecule has 2 heterocycles. The average molecular weight is 480 g/mol. The molecule has 0 aliphatic carbocycles. The molecule has 4 aromatic rings. The van der Waals surface area contributed by atoms with Crippen LogP contribution in [0.4, 0.5) is 5.82 Å². The highest BCUT2D eigenvalue weighted by atomic mass is 32.2. The molecule has 0 unspecified atom stereocenters. The van der Waals surface area contributed by atoms with Gasteiger partial charge in [-0.25, -0.2) is 13.4 Å². The zero-order chi connectivity index (χ0) is 24.0. The van der Waals surface area contributed by atoms with Crippen molar-refractivity contribution in [3.8, 4) is 34.5 Å². The van der Waals surface area contributed by atoms with Gasteiger partial charge in [0.15, 0.2) is 23.1 Å². The fourth-order valence-electron chi connectivity index (χ4n) is 2.96. The third-order valence-electron chi connectivity index (χ3n) is 4.57. The normalized spacial score (nSPS) is 11.4. The second-order valence-corrected chi connectivity index (χ2v) is 8.43. The lowest BCUT2D eigenvalue weighted by atomic mass is 10.2. The van der Waals surface area contributed by atoms with Crippen LogP contribution in [0.1, 0.15) is 5.56 Å². The fraction of sp³-hybridized carbons (Fsp3) is 0.0833. The minimum absolute atomic E-state index is 0.0156. The summed E-state index contributed by atoms with van der Waals surface area (Å²) >= 11 is 0. The van der Waals surface area contributed by atoms with Gasteiger partial charge < -0.3 is 18.6 Å². The summed E-state index contributed by atoms with van der Waals surface area (Å²) in [6, 6.07) is 17.6. The van der Waals surface area contributed by atoms with Crippen LogP contribution in [0.5, 0.6) is 23.1 Å². The summed E-state index contributed by atoms with van der Waals surface area (Å²) in [7, 11) is -1.10. The maximum absolute atomic E-state index is 12.9. The van der Waals surface area contributed by atoms with Crippen molar-refractivity contribution in [1.29, 1.82) is 0 Å². The number of nitrogens with zero attached hydrogens (tertiary/aromatic N) is 2. The molecule has 0 aliphatic heterocycles. The molecule has 10 heteroatoms. The van der Waals surface area contributed by atoms with E-state index in [4.69, 9.17) is 18.6 Å². The Kier molecular flexibility index (Phi) is 6.79. The summed E-state index contributed by atoms with van der Waals surface area (Å²) in [4.78, 5) is 8.73. The molecule has 2 aromatic heterocycles. The molecular formula is C24H21N3O6S. The van der Waals surface area contributed by atoms with Gasteiger partial charge in [-0.2, -0.15) is 4.98 Å². The maximum Gasteiger partial charge on any atom is 0.263 e. The molecule has 0 atom stereocenters. The Labute approximate surface area is 196 Å². The number of hydrogen-bond donors (Lipinski definition) is 1. The van der Waals surface area contributed by atoms with E-state index in [9.17, 15) is 8.42 Å². The third kappa shape index (κ3) is 5.36. The van der Waals surface area contributed by atoms with Gasteiger partial charge >= 0.3 is 0 Å². The van der Waals surface area contributed by atoms with E-state index in [2.05, 4.69) is 14.7 Å². The lowest BCUT2D eigenvalue weighted by molar-refractivity contribution is 0.348. The molecular weight excluding hydrogens is 458 g/mol. The van der Waals surface area contributed by atoms with E-state index in [-0.39, 0.29) is 23.3 Å². The number of aromatic nitrogens is 2. The number of methoxy groups -OCH3 is 2. The van der Waals surface area contributed by atoms with Crippen LogP contribution in [-0.4, -0.2) is 32.6 Å². The monoisotopic (exact) mass is 479 g/mol. The molecule has 0 bridgehead atoms. The molecule has 4 rings (SSSR count). The van der Waals surface area contributed by atoms with E-state index < -0.39 is 10.0 Å². The molecule has 0 spiro atoms. The molecule has 0 fully saturated rings. The van der Waals surface area contributed by atoms with Gasteiger partial charge in [0.2, 0.25) is 5.75 Å². The summed E-state index contributed by atoms with van der Waals surface area (Å²) in [5, 5.41) is 1.04. The number of furan rings is 1. The van der Waals surface area contributed by atoms with Gasteiger partial charge in [0.1, 0.15) is 6.26 Å². The van der Waals surface area contributed by atoms with Gasteiger partial charge in [0.05, 0.1) is 31.5 Å². The van der Waals surface area contributed by atoms with Gasteiger partial charge in [-0.3, -0.25) is 4.72 Å². The first kappa shape index (κ1) is 22.9. The highest BCUT2D eigenvalue weighted by molar-refractivity contribution is 7.95. The summed E-state index contributed by atoms with van der Waals surface area (Å²) in [5.74, 6) is 0.802. The Morgan fingerprint density at radius 1 is 0.912 bits per heavy atom. The first-order valence-electron chi connectivity index (χ1n) is 10.0. The lowest BCUT2D eigenvalue weighted by Crippen LogP contribution is -2.13. The summed E-state index contributed by atoms with van der Waals surface area (Å²) in [5.41, 5.74) is 1.25. The second kappa shape index (κ2) is 10.1. The van der Waals surface area contributed by atoms with Crippen LogP contribution in [-0.2, 0) is 10.0 Å². The van der Waals surface area contributed by atoms with Crippen LogP contribution in [0.2, 0.25) is 0 Å². The highest BCUT2D eigenvalue weighted by Crippen LogP contribution is 2.41. The van der Waals surface area contributed by atoms with Gasteiger partial charge in [-0.1, -0.05) is 42.5 Å². The predicted molar refractivity (Wildman–Crippen MR) is 127 cm³/mol. The van der Waals surface area contributed by atoms with Crippen molar-refractivity contribution in [3.05, 3.63) is 84.2 Å². The van der Waals surface area contributed by atoms with E-state index in [0.29, 0.717) is 17.1 Å². The Hall–Kier alpha value is -4.31. The number of sulfonamides is 1. The number of ether oxygens (including phenoxy) is 3. The van der Waals surface area contributed by atoms with Crippen molar-refractivity contribution in [2.75, 3.05) is 18.9 Å². The Balaban J connectivity index is 1.78. The van der Waals surface area contributed by atoms with Crippen molar-refractivity contribution < 1.29 is 27.0 Å². The van der Waals surface area contributed by atoms with Gasteiger partial charge in [-0.05, 0) is 29.8 Å². The minimum atomic E-state index is -3.98. The van der Waals surface area contributed by atoms with Crippen LogP contribution in [0.25, 0.3) is 17.5 Å². The van der Waals surface area contributed by atoms with Crippen LogP contribution in [0.3, 0.4) is 0 Å². The molecule has 0 saturated heterocycles. The zero-order valence-electron chi connectivity index (χ0n) is 18.3. The van der Waals surface area contributed by atoms with E-state index in [1.54, 1.807) is 42.5 Å². The molecule has 2 aromatic carbocycles. The quantitative estimate of drug-likeness (QED) is 0.358. The summed E-state index contributed by atoms with van der Waals surface area (Å²) < 4.78 is 50.1. The molecule has 9 nitrogen and oxygen atoms in total. The Morgan fingerprint density at radius 2 is 1.65 bits per heavy atom. The number of rotatable bonds is 9. The molecule has 34 heavy (non-hydrogen) atoms. The topological polar surface area (TPSA) is 113 Å². The van der Waals surface area contributed by atoms with Crippen LogP contribution >= 0.6 is 0 Å². The first-order chi connectivity index (χ1) is 16.5. The van der Waals surface area contributed by atoms with Crippen molar-refractivity contribution in [1.82, 2.24) is 9.97 Å². The second-order valence-electron chi connectivity index (χ2n) is 6.86. The standard InChI is InChI=1S/C24H21N3O6S/c1-30-19-10-6-7-11-20(19)33-21-23(25-22(26-24(21)31-2)18-12-14-32-16-18)27-34(28,29)15-13-17-8-4-3-5-9-17/h3-16H,1-2H3,(H,25,26,27). The van der Waals surface area contributed by atoms with E-state index in [0.717, 1.165) is 11.0 Å². The number of hydrogen-bond acceptors (Lipinski definition) is 8. The first-order valence-corrected chi connectivity index (χ1v) is 11.6. The molecule has 1 N–H and O–H groups in total. The fourth-order valence-corrected chi connectivity index (χ4v) is 3.78.